The zero-order valence-electron chi connectivity index (χ0n) is 10.2. The monoisotopic (exact) mass is 268 g/mol. The molecule has 1 aliphatic rings. The highest BCUT2D eigenvalue weighted by Crippen LogP contribution is 2.30. The number of aromatic carboxylic acids is 1. The van der Waals surface area contributed by atoms with Gasteiger partial charge in [0, 0.05) is 5.56 Å². The van der Waals surface area contributed by atoms with Crippen molar-refractivity contribution >= 4 is 12.0 Å². The number of allylic oxidation sites excluding steroid dienone is 1. The van der Waals surface area contributed by atoms with Crippen molar-refractivity contribution in [1.82, 2.24) is 0 Å². The molecule has 0 saturated heterocycles. The van der Waals surface area contributed by atoms with Crippen molar-refractivity contribution in [2.24, 2.45) is 0 Å². The zero-order valence-corrected chi connectivity index (χ0v) is 10.2. The fraction of sp³-hybridized carbons (Fsp3) is 0.357. The van der Waals surface area contributed by atoms with Crippen molar-refractivity contribution in [3.05, 3.63) is 34.9 Å². The number of carboxylic acid groups (broad SMARTS) is 1. The summed E-state index contributed by atoms with van der Waals surface area (Å²) in [6.45, 7) is -2.92. The minimum Gasteiger partial charge on any atom is -0.478 e. The molecule has 0 atom stereocenters. The Kier molecular flexibility index (Phi) is 4.14. The third-order valence-corrected chi connectivity index (χ3v) is 3.08. The molecule has 1 aromatic carbocycles. The van der Waals surface area contributed by atoms with E-state index in [9.17, 15) is 13.6 Å². The number of carbonyl (C=O) groups is 1. The Morgan fingerprint density at radius 1 is 1.32 bits per heavy atom. The largest absolute Gasteiger partial charge is 0.478 e. The molecule has 0 aliphatic heterocycles. The number of ether oxygens (including phenoxy) is 1. The van der Waals surface area contributed by atoms with Crippen LogP contribution in [0.25, 0.3) is 6.08 Å². The Bertz CT molecular complexity index is 501. The summed E-state index contributed by atoms with van der Waals surface area (Å²) in [6.07, 6.45) is 5.76. The van der Waals surface area contributed by atoms with Gasteiger partial charge in [-0.2, -0.15) is 8.78 Å². The molecule has 0 bridgehead atoms. The molecular formula is C14H14F2O3. The fourth-order valence-corrected chi connectivity index (χ4v) is 2.19. The Hall–Kier alpha value is -1.91. The second-order valence-electron chi connectivity index (χ2n) is 4.45. The van der Waals surface area contributed by atoms with Gasteiger partial charge < -0.3 is 9.84 Å². The van der Waals surface area contributed by atoms with Gasteiger partial charge in [0.1, 0.15) is 5.75 Å². The number of rotatable bonds is 4. The maximum absolute atomic E-state index is 12.3. The molecule has 0 aromatic heterocycles. The van der Waals surface area contributed by atoms with Crippen LogP contribution >= 0.6 is 0 Å². The molecule has 0 radical (unpaired) electrons. The van der Waals surface area contributed by atoms with Crippen molar-refractivity contribution in [2.45, 2.75) is 32.3 Å². The summed E-state index contributed by atoms with van der Waals surface area (Å²) in [7, 11) is 0. The summed E-state index contributed by atoms with van der Waals surface area (Å²) in [5.74, 6) is -1.07. The number of alkyl halides is 2. The van der Waals surface area contributed by atoms with E-state index in [-0.39, 0.29) is 11.3 Å². The Morgan fingerprint density at radius 2 is 2.00 bits per heavy atom. The maximum Gasteiger partial charge on any atom is 0.387 e. The molecule has 5 heteroatoms. The van der Waals surface area contributed by atoms with E-state index in [0.717, 1.165) is 31.3 Å². The molecule has 1 saturated carbocycles. The van der Waals surface area contributed by atoms with Gasteiger partial charge in [-0.15, -0.1) is 0 Å². The van der Waals surface area contributed by atoms with Gasteiger partial charge in [0.2, 0.25) is 0 Å². The number of hydrogen-bond acceptors (Lipinski definition) is 2. The molecule has 102 valence electrons. The molecule has 1 aliphatic carbocycles. The smallest absolute Gasteiger partial charge is 0.387 e. The fourth-order valence-electron chi connectivity index (χ4n) is 2.19. The molecule has 3 nitrogen and oxygen atoms in total. The van der Waals surface area contributed by atoms with E-state index in [0.29, 0.717) is 5.56 Å². The van der Waals surface area contributed by atoms with Gasteiger partial charge in [0.25, 0.3) is 0 Å². The van der Waals surface area contributed by atoms with Gasteiger partial charge in [0.05, 0.1) is 5.56 Å². The lowest BCUT2D eigenvalue weighted by Crippen LogP contribution is -2.05. The van der Waals surface area contributed by atoms with E-state index < -0.39 is 12.6 Å². The first kappa shape index (κ1) is 13.5. The molecule has 1 N–H and O–H groups in total. The van der Waals surface area contributed by atoms with Crippen molar-refractivity contribution in [2.75, 3.05) is 0 Å². The molecule has 0 heterocycles. The van der Waals surface area contributed by atoms with Gasteiger partial charge >= 0.3 is 12.6 Å². The Morgan fingerprint density at radius 3 is 2.58 bits per heavy atom. The first-order chi connectivity index (χ1) is 9.06. The maximum atomic E-state index is 12.3. The molecule has 0 spiro atoms. The van der Waals surface area contributed by atoms with Gasteiger partial charge in [-0.25, -0.2) is 4.79 Å². The summed E-state index contributed by atoms with van der Waals surface area (Å²) < 4.78 is 29.0. The van der Waals surface area contributed by atoms with Crippen LogP contribution in [0.4, 0.5) is 8.78 Å². The van der Waals surface area contributed by atoms with Crippen LogP contribution in [0.15, 0.2) is 23.8 Å². The lowest BCUT2D eigenvalue weighted by atomic mass is 10.1. The molecule has 0 unspecified atom stereocenters. The van der Waals surface area contributed by atoms with Gasteiger partial charge in [-0.05, 0) is 43.9 Å². The average molecular weight is 268 g/mol. The summed E-state index contributed by atoms with van der Waals surface area (Å²) in [6, 6.07) is 3.90. The number of carboxylic acids is 1. The molecule has 2 rings (SSSR count). The van der Waals surface area contributed by atoms with Crippen molar-refractivity contribution in [3.63, 3.8) is 0 Å². The topological polar surface area (TPSA) is 46.5 Å². The van der Waals surface area contributed by atoms with E-state index in [1.54, 1.807) is 6.08 Å². The van der Waals surface area contributed by atoms with Crippen LogP contribution in [-0.2, 0) is 0 Å². The highest BCUT2D eigenvalue weighted by Gasteiger charge is 2.14. The van der Waals surface area contributed by atoms with E-state index in [2.05, 4.69) is 4.74 Å². The predicted molar refractivity (Wildman–Crippen MR) is 66.5 cm³/mol. The highest BCUT2D eigenvalue weighted by molar-refractivity contribution is 5.89. The van der Waals surface area contributed by atoms with E-state index in [1.807, 2.05) is 0 Å². The Labute approximate surface area is 109 Å². The molecular weight excluding hydrogens is 254 g/mol. The SMILES string of the molecule is O=C(O)c1ccc(OC(F)F)c(C=C2CCCC2)c1. The summed E-state index contributed by atoms with van der Waals surface area (Å²) in [5.41, 5.74) is 1.60. The first-order valence-corrected chi connectivity index (χ1v) is 6.08. The van der Waals surface area contributed by atoms with Gasteiger partial charge in [-0.3, -0.25) is 0 Å². The van der Waals surface area contributed by atoms with Crippen LogP contribution < -0.4 is 4.74 Å². The third kappa shape index (κ3) is 3.53. The molecule has 1 aromatic rings. The molecule has 1 fully saturated rings. The van der Waals surface area contributed by atoms with Crippen molar-refractivity contribution in [3.8, 4) is 5.75 Å². The molecule has 19 heavy (non-hydrogen) atoms. The van der Waals surface area contributed by atoms with Crippen LogP contribution in [0, 0.1) is 0 Å². The second-order valence-corrected chi connectivity index (χ2v) is 4.45. The summed E-state index contributed by atoms with van der Waals surface area (Å²) in [4.78, 5) is 10.9. The minimum absolute atomic E-state index is 0.0133. The zero-order chi connectivity index (χ0) is 13.8. The van der Waals surface area contributed by atoms with Gasteiger partial charge in [-0.1, -0.05) is 11.6 Å². The quantitative estimate of drug-likeness (QED) is 0.899. The van der Waals surface area contributed by atoms with Crippen LogP contribution in [-0.4, -0.2) is 17.7 Å². The summed E-state index contributed by atoms with van der Waals surface area (Å²) >= 11 is 0. The number of benzene rings is 1. The Balaban J connectivity index is 2.37. The van der Waals surface area contributed by atoms with E-state index >= 15 is 0 Å². The average Bonchev–Trinajstić information content (AvgIpc) is 2.83. The van der Waals surface area contributed by atoms with Crippen LogP contribution in [0.2, 0.25) is 0 Å². The number of hydrogen-bond donors (Lipinski definition) is 1. The molecule has 0 amide bonds. The normalized spacial score (nSPS) is 14.8. The summed E-state index contributed by atoms with van der Waals surface area (Å²) in [5, 5.41) is 8.93. The lowest BCUT2D eigenvalue weighted by molar-refractivity contribution is -0.0499. The predicted octanol–water partition coefficient (Wildman–Crippen LogP) is 3.94. The minimum atomic E-state index is -2.92. The standard InChI is InChI=1S/C14H14F2O3/c15-14(16)19-12-6-5-10(13(17)18)8-11(12)7-9-3-1-2-4-9/h5-8,14H,1-4H2,(H,17,18). The van der Waals surface area contributed by atoms with Crippen LogP contribution in [0.3, 0.4) is 0 Å². The van der Waals surface area contributed by atoms with E-state index in [1.165, 1.54) is 18.2 Å². The van der Waals surface area contributed by atoms with Gasteiger partial charge in [0.15, 0.2) is 0 Å². The van der Waals surface area contributed by atoms with Crippen LogP contribution in [0.5, 0.6) is 5.75 Å². The third-order valence-electron chi connectivity index (χ3n) is 3.08. The van der Waals surface area contributed by atoms with Crippen molar-refractivity contribution in [1.29, 1.82) is 0 Å². The first-order valence-electron chi connectivity index (χ1n) is 6.08. The second kappa shape index (κ2) is 5.82. The lowest BCUT2D eigenvalue weighted by Gasteiger charge is -2.09. The highest BCUT2D eigenvalue weighted by atomic mass is 19.3. The number of halogens is 2. The van der Waals surface area contributed by atoms with E-state index in [4.69, 9.17) is 5.11 Å². The van der Waals surface area contributed by atoms with Crippen molar-refractivity contribution < 1.29 is 23.4 Å². The van der Waals surface area contributed by atoms with Crippen LogP contribution in [0.1, 0.15) is 41.6 Å².